The van der Waals surface area contributed by atoms with Gasteiger partial charge in [0, 0.05) is 16.9 Å². The number of carbonyl (C=O) groups is 1. The van der Waals surface area contributed by atoms with E-state index in [0.29, 0.717) is 5.56 Å². The maximum atomic E-state index is 11.0. The Labute approximate surface area is 156 Å². The first kappa shape index (κ1) is 17.9. The van der Waals surface area contributed by atoms with Gasteiger partial charge >= 0.3 is 0 Å². The lowest BCUT2D eigenvalue weighted by Gasteiger charge is -2.31. The summed E-state index contributed by atoms with van der Waals surface area (Å²) in [5.41, 5.74) is 10.6. The molecule has 0 bridgehead atoms. The van der Waals surface area contributed by atoms with Crippen LogP contribution in [0.3, 0.4) is 0 Å². The zero-order valence-corrected chi connectivity index (χ0v) is 16.1. The first-order chi connectivity index (χ1) is 12.5. The van der Waals surface area contributed by atoms with Crippen LogP contribution in [0.15, 0.2) is 54.6 Å². The zero-order chi connectivity index (χ0) is 18.8. The SMILES string of the molecule is Cc1c(C)c(C)c(N(c2ccccc2)c2ccc(C=O)cc2)c(C)c1C. The third-order valence-electron chi connectivity index (χ3n) is 5.49. The molecule has 0 N–H and O–H groups in total. The second-order valence-electron chi connectivity index (χ2n) is 6.85. The highest BCUT2D eigenvalue weighted by Crippen LogP contribution is 2.41. The van der Waals surface area contributed by atoms with Crippen molar-refractivity contribution in [2.75, 3.05) is 4.90 Å². The zero-order valence-electron chi connectivity index (χ0n) is 16.1. The molecule has 0 fully saturated rings. The van der Waals surface area contributed by atoms with Crippen molar-refractivity contribution in [3.05, 3.63) is 88.0 Å². The molecule has 2 heteroatoms. The van der Waals surface area contributed by atoms with Crippen LogP contribution >= 0.6 is 0 Å². The fourth-order valence-corrected chi connectivity index (χ4v) is 3.50. The topological polar surface area (TPSA) is 20.3 Å². The fraction of sp³-hybridized carbons (Fsp3) is 0.208. The van der Waals surface area contributed by atoms with Gasteiger partial charge in [0.05, 0.1) is 5.69 Å². The first-order valence-corrected chi connectivity index (χ1v) is 8.93. The van der Waals surface area contributed by atoms with E-state index < -0.39 is 0 Å². The molecule has 0 amide bonds. The molecule has 26 heavy (non-hydrogen) atoms. The molecule has 0 spiro atoms. The molecule has 3 rings (SSSR count). The van der Waals surface area contributed by atoms with E-state index in [1.165, 1.54) is 33.5 Å². The Morgan fingerprint density at radius 2 is 1.08 bits per heavy atom. The summed E-state index contributed by atoms with van der Waals surface area (Å²) in [5, 5.41) is 0. The Kier molecular flexibility index (Phi) is 4.94. The minimum Gasteiger partial charge on any atom is -0.310 e. The fourth-order valence-electron chi connectivity index (χ4n) is 3.50. The molecule has 2 nitrogen and oxygen atoms in total. The Hall–Kier alpha value is -2.87. The minimum atomic E-state index is 0.687. The van der Waals surface area contributed by atoms with Crippen molar-refractivity contribution >= 4 is 23.3 Å². The van der Waals surface area contributed by atoms with Crippen LogP contribution in [0.25, 0.3) is 0 Å². The molecule has 132 valence electrons. The van der Waals surface area contributed by atoms with Crippen LogP contribution in [0.4, 0.5) is 17.1 Å². The molecule has 3 aromatic carbocycles. The predicted molar refractivity (Wildman–Crippen MR) is 110 cm³/mol. The van der Waals surface area contributed by atoms with Gasteiger partial charge in [-0.3, -0.25) is 4.79 Å². The van der Waals surface area contributed by atoms with Crippen molar-refractivity contribution in [3.8, 4) is 0 Å². The maximum Gasteiger partial charge on any atom is 0.150 e. The van der Waals surface area contributed by atoms with E-state index >= 15 is 0 Å². The Morgan fingerprint density at radius 3 is 1.58 bits per heavy atom. The van der Waals surface area contributed by atoms with Gasteiger partial charge in [-0.05, 0) is 98.8 Å². The van der Waals surface area contributed by atoms with Crippen LogP contribution < -0.4 is 4.90 Å². The predicted octanol–water partition coefficient (Wildman–Crippen LogP) is 6.51. The number of benzene rings is 3. The van der Waals surface area contributed by atoms with Crippen LogP contribution in [-0.4, -0.2) is 6.29 Å². The molecule has 0 heterocycles. The first-order valence-electron chi connectivity index (χ1n) is 8.93. The monoisotopic (exact) mass is 343 g/mol. The highest BCUT2D eigenvalue weighted by Gasteiger charge is 2.20. The number of anilines is 3. The summed E-state index contributed by atoms with van der Waals surface area (Å²) in [7, 11) is 0. The van der Waals surface area contributed by atoms with E-state index in [9.17, 15) is 4.79 Å². The second-order valence-corrected chi connectivity index (χ2v) is 6.85. The van der Waals surface area contributed by atoms with E-state index in [0.717, 1.165) is 17.7 Å². The highest BCUT2D eigenvalue weighted by atomic mass is 16.1. The molecule has 0 radical (unpaired) electrons. The number of hydrogen-bond acceptors (Lipinski definition) is 2. The molecule has 3 aromatic rings. The van der Waals surface area contributed by atoms with E-state index in [1.807, 2.05) is 30.3 Å². The third kappa shape index (κ3) is 3.03. The second kappa shape index (κ2) is 7.17. The van der Waals surface area contributed by atoms with Gasteiger partial charge in [0.1, 0.15) is 6.29 Å². The summed E-state index contributed by atoms with van der Waals surface area (Å²) in [6.07, 6.45) is 0.882. The lowest BCUT2D eigenvalue weighted by molar-refractivity contribution is 0.112. The molecule has 0 saturated heterocycles. The maximum absolute atomic E-state index is 11.0. The van der Waals surface area contributed by atoms with Gasteiger partial charge in [0.15, 0.2) is 0 Å². The van der Waals surface area contributed by atoms with Gasteiger partial charge < -0.3 is 4.90 Å². The summed E-state index contributed by atoms with van der Waals surface area (Å²) < 4.78 is 0. The molecule has 0 aliphatic carbocycles. The summed E-state index contributed by atoms with van der Waals surface area (Å²) in [6, 6.07) is 18.2. The minimum absolute atomic E-state index is 0.687. The Balaban J connectivity index is 2.30. The van der Waals surface area contributed by atoms with Crippen molar-refractivity contribution < 1.29 is 4.79 Å². The van der Waals surface area contributed by atoms with Crippen LogP contribution in [0.5, 0.6) is 0 Å². The van der Waals surface area contributed by atoms with Crippen molar-refractivity contribution in [1.82, 2.24) is 0 Å². The molecular weight excluding hydrogens is 318 g/mol. The van der Waals surface area contributed by atoms with Crippen LogP contribution in [-0.2, 0) is 0 Å². The van der Waals surface area contributed by atoms with Crippen molar-refractivity contribution in [2.24, 2.45) is 0 Å². The van der Waals surface area contributed by atoms with Gasteiger partial charge in [0.2, 0.25) is 0 Å². The number of nitrogens with zero attached hydrogens (tertiary/aromatic N) is 1. The van der Waals surface area contributed by atoms with Crippen LogP contribution in [0, 0.1) is 34.6 Å². The molecule has 0 atom stereocenters. The molecule has 0 aliphatic rings. The van der Waals surface area contributed by atoms with Crippen LogP contribution in [0.2, 0.25) is 0 Å². The smallest absolute Gasteiger partial charge is 0.150 e. The molecule has 0 unspecified atom stereocenters. The largest absolute Gasteiger partial charge is 0.310 e. The normalized spacial score (nSPS) is 10.7. The lowest BCUT2D eigenvalue weighted by Crippen LogP contribution is -2.15. The molecular formula is C24H25NO. The van der Waals surface area contributed by atoms with Gasteiger partial charge in [-0.15, -0.1) is 0 Å². The van der Waals surface area contributed by atoms with Gasteiger partial charge in [-0.1, -0.05) is 18.2 Å². The number of aldehydes is 1. The Bertz CT molecular complexity index is 911. The summed E-state index contributed by atoms with van der Waals surface area (Å²) in [4.78, 5) is 13.3. The number of rotatable bonds is 4. The number of para-hydroxylation sites is 1. The summed E-state index contributed by atoms with van der Waals surface area (Å²) >= 11 is 0. The standard InChI is InChI=1S/C24H25NO/c1-16-17(2)19(4)24(20(5)18(16)3)25(22-9-7-6-8-10-22)23-13-11-21(15-26)12-14-23/h6-15H,1-5H3. The van der Waals surface area contributed by atoms with Gasteiger partial charge in [-0.2, -0.15) is 0 Å². The Morgan fingerprint density at radius 1 is 0.615 bits per heavy atom. The number of carbonyl (C=O) groups excluding carboxylic acids is 1. The van der Waals surface area contributed by atoms with E-state index in [-0.39, 0.29) is 0 Å². The summed E-state index contributed by atoms with van der Waals surface area (Å²) in [6.45, 7) is 11.0. The quantitative estimate of drug-likeness (QED) is 0.503. The van der Waals surface area contributed by atoms with Gasteiger partial charge in [0.25, 0.3) is 0 Å². The number of hydrogen-bond donors (Lipinski definition) is 0. The molecule has 0 saturated carbocycles. The third-order valence-corrected chi connectivity index (χ3v) is 5.49. The lowest BCUT2D eigenvalue weighted by atomic mass is 9.92. The van der Waals surface area contributed by atoms with E-state index in [4.69, 9.17) is 0 Å². The molecule has 0 aliphatic heterocycles. The van der Waals surface area contributed by atoms with E-state index in [1.54, 1.807) is 0 Å². The average molecular weight is 343 g/mol. The van der Waals surface area contributed by atoms with Crippen molar-refractivity contribution in [3.63, 3.8) is 0 Å². The van der Waals surface area contributed by atoms with E-state index in [2.05, 4.69) is 63.8 Å². The average Bonchev–Trinajstić information content (AvgIpc) is 2.69. The van der Waals surface area contributed by atoms with Crippen molar-refractivity contribution in [1.29, 1.82) is 0 Å². The highest BCUT2D eigenvalue weighted by molar-refractivity contribution is 5.83. The van der Waals surface area contributed by atoms with Crippen molar-refractivity contribution in [2.45, 2.75) is 34.6 Å². The van der Waals surface area contributed by atoms with Crippen LogP contribution in [0.1, 0.15) is 38.2 Å². The van der Waals surface area contributed by atoms with Gasteiger partial charge in [-0.25, -0.2) is 0 Å². The summed E-state index contributed by atoms with van der Waals surface area (Å²) in [5.74, 6) is 0. The molecule has 0 aromatic heterocycles.